The van der Waals surface area contributed by atoms with Crippen molar-refractivity contribution in [3.63, 3.8) is 0 Å². The number of piperidine rings is 1. The summed E-state index contributed by atoms with van der Waals surface area (Å²) in [6.07, 6.45) is 2.31. The van der Waals surface area contributed by atoms with Crippen LogP contribution in [0.3, 0.4) is 0 Å². The summed E-state index contributed by atoms with van der Waals surface area (Å²) >= 11 is 0. The maximum absolute atomic E-state index is 12.6. The van der Waals surface area contributed by atoms with Gasteiger partial charge in [0, 0.05) is 13.1 Å². The number of likely N-dealkylation sites (tertiary alicyclic amines) is 1. The molecule has 5 heteroatoms. The first-order valence-electron chi connectivity index (χ1n) is 7.82. The van der Waals surface area contributed by atoms with Gasteiger partial charge < -0.3 is 9.64 Å². The number of benzene rings is 1. The molecule has 120 valence electrons. The van der Waals surface area contributed by atoms with E-state index in [0.29, 0.717) is 13.0 Å². The van der Waals surface area contributed by atoms with Crippen molar-refractivity contribution in [2.24, 2.45) is 0 Å². The molecule has 1 aromatic carbocycles. The van der Waals surface area contributed by atoms with E-state index in [0.717, 1.165) is 24.9 Å². The second-order valence-corrected chi connectivity index (χ2v) is 5.59. The summed E-state index contributed by atoms with van der Waals surface area (Å²) in [5.74, 6) is -0.243. The minimum Gasteiger partial charge on any atom is -0.468 e. The van der Waals surface area contributed by atoms with Crippen LogP contribution in [0.25, 0.3) is 0 Å². The van der Waals surface area contributed by atoms with Crippen molar-refractivity contribution in [1.82, 2.24) is 10.2 Å². The average Bonchev–Trinajstić information content (AvgIpc) is 2.56. The largest absolute Gasteiger partial charge is 0.468 e. The Morgan fingerprint density at radius 1 is 1.41 bits per heavy atom. The van der Waals surface area contributed by atoms with E-state index in [1.165, 1.54) is 7.11 Å². The number of amides is 1. The van der Waals surface area contributed by atoms with Gasteiger partial charge in [0.1, 0.15) is 6.04 Å². The molecule has 2 rings (SSSR count). The molecule has 2 unspecified atom stereocenters. The maximum atomic E-state index is 12.6. The molecule has 1 N–H and O–H groups in total. The van der Waals surface area contributed by atoms with E-state index in [4.69, 9.17) is 4.74 Å². The predicted octanol–water partition coefficient (Wildman–Crippen LogP) is 1.72. The molecule has 0 spiro atoms. The lowest BCUT2D eigenvalue weighted by Crippen LogP contribution is -2.54. The maximum Gasteiger partial charge on any atom is 0.322 e. The van der Waals surface area contributed by atoms with E-state index in [1.54, 1.807) is 0 Å². The lowest BCUT2D eigenvalue weighted by molar-refractivity contribution is -0.144. The van der Waals surface area contributed by atoms with Crippen LogP contribution < -0.4 is 5.32 Å². The van der Waals surface area contributed by atoms with Gasteiger partial charge in [-0.05, 0) is 24.8 Å². The minimum atomic E-state index is -0.421. The van der Waals surface area contributed by atoms with Crippen LogP contribution in [0.4, 0.5) is 0 Å². The van der Waals surface area contributed by atoms with Gasteiger partial charge >= 0.3 is 5.97 Å². The molecule has 0 aliphatic carbocycles. The van der Waals surface area contributed by atoms with Crippen molar-refractivity contribution in [3.8, 4) is 0 Å². The van der Waals surface area contributed by atoms with E-state index < -0.39 is 6.04 Å². The van der Waals surface area contributed by atoms with Gasteiger partial charge in [-0.15, -0.1) is 0 Å². The average molecular weight is 304 g/mol. The Morgan fingerprint density at radius 3 is 2.77 bits per heavy atom. The van der Waals surface area contributed by atoms with E-state index >= 15 is 0 Å². The van der Waals surface area contributed by atoms with Gasteiger partial charge in [-0.25, -0.2) is 0 Å². The fraction of sp³-hybridized carbons (Fsp3) is 0.529. The Bertz CT molecular complexity index is 504. The summed E-state index contributed by atoms with van der Waals surface area (Å²) in [4.78, 5) is 26.2. The van der Waals surface area contributed by atoms with Gasteiger partial charge in [0.15, 0.2) is 0 Å². The number of carbonyl (C=O) groups is 2. The van der Waals surface area contributed by atoms with Crippen LogP contribution in [-0.2, 0) is 20.9 Å². The smallest absolute Gasteiger partial charge is 0.322 e. The second kappa shape index (κ2) is 7.94. The van der Waals surface area contributed by atoms with Gasteiger partial charge in [-0.3, -0.25) is 14.9 Å². The summed E-state index contributed by atoms with van der Waals surface area (Å²) in [7, 11) is 1.37. The third-order valence-corrected chi connectivity index (χ3v) is 4.04. The number of nitrogens with zero attached hydrogens (tertiary/aromatic N) is 1. The van der Waals surface area contributed by atoms with Crippen LogP contribution in [0.15, 0.2) is 30.3 Å². The van der Waals surface area contributed by atoms with Crippen LogP contribution in [0, 0.1) is 0 Å². The Morgan fingerprint density at radius 2 is 2.14 bits per heavy atom. The Hall–Kier alpha value is -1.88. The quantitative estimate of drug-likeness (QED) is 0.813. The molecule has 0 aromatic heterocycles. The molecule has 1 fully saturated rings. The number of rotatable bonds is 6. The standard InChI is InChI=1S/C17H24N2O3/c1-3-14(17(21)22-2)18-15-10-7-11-19(16(15)20)12-13-8-5-4-6-9-13/h4-6,8-9,14-15,18H,3,7,10-12H2,1-2H3. The van der Waals surface area contributed by atoms with Crippen LogP contribution in [-0.4, -0.2) is 42.5 Å². The molecule has 1 aliphatic rings. The number of nitrogens with one attached hydrogen (secondary N) is 1. The molecule has 0 saturated carbocycles. The molecule has 1 aromatic rings. The van der Waals surface area contributed by atoms with Gasteiger partial charge in [-0.2, -0.15) is 0 Å². The number of hydrogen-bond donors (Lipinski definition) is 1. The van der Waals surface area contributed by atoms with Crippen molar-refractivity contribution >= 4 is 11.9 Å². The number of methoxy groups -OCH3 is 1. The monoisotopic (exact) mass is 304 g/mol. The molecule has 2 atom stereocenters. The van der Waals surface area contributed by atoms with Crippen molar-refractivity contribution in [2.75, 3.05) is 13.7 Å². The number of ether oxygens (including phenoxy) is 1. The lowest BCUT2D eigenvalue weighted by atomic mass is 10.0. The topological polar surface area (TPSA) is 58.6 Å². The first-order valence-corrected chi connectivity index (χ1v) is 7.82. The Labute approximate surface area is 131 Å². The first kappa shape index (κ1) is 16.5. The van der Waals surface area contributed by atoms with Gasteiger partial charge in [-0.1, -0.05) is 37.3 Å². The van der Waals surface area contributed by atoms with Crippen LogP contribution in [0.1, 0.15) is 31.7 Å². The van der Waals surface area contributed by atoms with Gasteiger partial charge in [0.2, 0.25) is 5.91 Å². The normalized spacial score (nSPS) is 19.8. The highest BCUT2D eigenvalue weighted by atomic mass is 16.5. The van der Waals surface area contributed by atoms with E-state index in [1.807, 2.05) is 42.2 Å². The van der Waals surface area contributed by atoms with E-state index in [9.17, 15) is 9.59 Å². The van der Waals surface area contributed by atoms with Gasteiger partial charge in [0.05, 0.1) is 13.2 Å². The van der Waals surface area contributed by atoms with Crippen LogP contribution in [0.2, 0.25) is 0 Å². The summed E-state index contributed by atoms with van der Waals surface area (Å²) in [6.45, 7) is 3.29. The molecule has 1 heterocycles. The third-order valence-electron chi connectivity index (χ3n) is 4.04. The van der Waals surface area contributed by atoms with Gasteiger partial charge in [0.25, 0.3) is 0 Å². The summed E-state index contributed by atoms with van der Waals surface area (Å²) in [5, 5.41) is 3.16. The molecule has 1 saturated heterocycles. The zero-order valence-electron chi connectivity index (χ0n) is 13.2. The fourth-order valence-corrected chi connectivity index (χ4v) is 2.79. The van der Waals surface area contributed by atoms with E-state index in [-0.39, 0.29) is 17.9 Å². The van der Waals surface area contributed by atoms with Crippen molar-refractivity contribution < 1.29 is 14.3 Å². The van der Waals surface area contributed by atoms with Crippen molar-refractivity contribution in [3.05, 3.63) is 35.9 Å². The molecule has 1 aliphatic heterocycles. The van der Waals surface area contributed by atoms with Crippen LogP contribution >= 0.6 is 0 Å². The predicted molar refractivity (Wildman–Crippen MR) is 84.1 cm³/mol. The number of esters is 1. The molecule has 0 radical (unpaired) electrons. The van der Waals surface area contributed by atoms with Crippen molar-refractivity contribution in [2.45, 2.75) is 44.8 Å². The van der Waals surface area contributed by atoms with Crippen molar-refractivity contribution in [1.29, 1.82) is 0 Å². The highest BCUT2D eigenvalue weighted by Crippen LogP contribution is 2.16. The Kier molecular flexibility index (Phi) is 5.95. The lowest BCUT2D eigenvalue weighted by Gasteiger charge is -2.34. The minimum absolute atomic E-state index is 0.0671. The SMILES string of the molecule is CCC(NC1CCCN(Cc2ccccc2)C1=O)C(=O)OC. The molecule has 22 heavy (non-hydrogen) atoms. The first-order chi connectivity index (χ1) is 10.7. The van der Waals surface area contributed by atoms with E-state index in [2.05, 4.69) is 5.32 Å². The summed E-state index contributed by atoms with van der Waals surface area (Å²) in [6, 6.07) is 9.24. The molecule has 1 amide bonds. The summed E-state index contributed by atoms with van der Waals surface area (Å²) in [5.41, 5.74) is 1.12. The number of hydrogen-bond acceptors (Lipinski definition) is 4. The zero-order chi connectivity index (χ0) is 15.9. The van der Waals surface area contributed by atoms with Crippen LogP contribution in [0.5, 0.6) is 0 Å². The fourth-order valence-electron chi connectivity index (χ4n) is 2.79. The molecule has 0 bridgehead atoms. The second-order valence-electron chi connectivity index (χ2n) is 5.59. The molecule has 5 nitrogen and oxygen atoms in total. The molecular weight excluding hydrogens is 280 g/mol. The zero-order valence-corrected chi connectivity index (χ0v) is 13.2. The Balaban J connectivity index is 1.99. The third kappa shape index (κ3) is 4.07. The number of carbonyl (C=O) groups excluding carboxylic acids is 2. The summed E-state index contributed by atoms with van der Waals surface area (Å²) < 4.78 is 4.78. The highest BCUT2D eigenvalue weighted by molar-refractivity contribution is 5.84. The molecular formula is C17H24N2O3. The highest BCUT2D eigenvalue weighted by Gasteiger charge is 2.31.